The molecule has 2 aliphatic rings. The number of imide groups is 1. The molecule has 2 aromatic heterocycles. The minimum atomic E-state index is -0.678. The molecule has 2 fully saturated rings. The van der Waals surface area contributed by atoms with Gasteiger partial charge in [-0.15, -0.1) is 0 Å². The zero-order chi connectivity index (χ0) is 21.5. The Morgan fingerprint density at radius 1 is 1.19 bits per heavy atom. The van der Waals surface area contributed by atoms with Crippen LogP contribution in [0.2, 0.25) is 0 Å². The number of nitrogens with zero attached hydrogens (tertiary/aromatic N) is 4. The topological polar surface area (TPSA) is 125 Å². The van der Waals surface area contributed by atoms with Gasteiger partial charge < -0.3 is 16.0 Å². The van der Waals surface area contributed by atoms with Gasteiger partial charge in [0.2, 0.25) is 11.9 Å². The van der Waals surface area contributed by atoms with Gasteiger partial charge >= 0.3 is 6.03 Å². The number of aromatic nitrogens is 4. The molecule has 1 aromatic carbocycles. The Balaban J connectivity index is 1.49. The largest absolute Gasteiger partial charge is 0.351 e. The molecule has 1 aliphatic heterocycles. The van der Waals surface area contributed by atoms with Crippen LogP contribution in [0.25, 0.3) is 11.7 Å². The van der Waals surface area contributed by atoms with Crippen molar-refractivity contribution in [3.8, 4) is 0 Å². The lowest BCUT2D eigenvalue weighted by molar-refractivity contribution is -0.115. The van der Waals surface area contributed by atoms with Gasteiger partial charge in [-0.25, -0.2) is 13.6 Å². The van der Waals surface area contributed by atoms with Crippen LogP contribution in [-0.2, 0) is 11.3 Å². The Morgan fingerprint density at radius 3 is 2.74 bits per heavy atom. The third kappa shape index (κ3) is 3.86. The van der Waals surface area contributed by atoms with Crippen LogP contribution in [0.5, 0.6) is 0 Å². The van der Waals surface area contributed by atoms with Crippen molar-refractivity contribution in [1.29, 1.82) is 0 Å². The summed E-state index contributed by atoms with van der Waals surface area (Å²) < 4.78 is 28.6. The molecule has 1 saturated carbocycles. The molecular weight excluding hydrogens is 410 g/mol. The number of anilines is 2. The van der Waals surface area contributed by atoms with E-state index in [1.54, 1.807) is 0 Å². The summed E-state index contributed by atoms with van der Waals surface area (Å²) in [5.41, 5.74) is 1.17. The standard InChI is InChI=1S/C19H16F2N8O2/c20-11-2-1-9(13(21)6-11)7-22-17-26-15-10(5-14-16(30)27-19(31)25-14)8-23-29(15)18(28-17)24-12-3-4-12/h1-2,5-6,8,12H,3-4,7H2,(H2,22,24,26,28)(H2,25,27,30,31)/b14-5-. The Labute approximate surface area is 173 Å². The van der Waals surface area contributed by atoms with E-state index >= 15 is 0 Å². The van der Waals surface area contributed by atoms with Crippen LogP contribution in [0.4, 0.5) is 25.5 Å². The van der Waals surface area contributed by atoms with E-state index in [-0.39, 0.29) is 29.8 Å². The maximum atomic E-state index is 13.9. The molecule has 0 radical (unpaired) electrons. The zero-order valence-corrected chi connectivity index (χ0v) is 15.9. The number of carbonyl (C=O) groups excluding carboxylic acids is 2. The van der Waals surface area contributed by atoms with Gasteiger partial charge in [0, 0.05) is 29.8 Å². The highest BCUT2D eigenvalue weighted by Gasteiger charge is 2.26. The number of hydrogen-bond donors (Lipinski definition) is 4. The van der Waals surface area contributed by atoms with Gasteiger partial charge in [-0.3, -0.25) is 10.1 Å². The van der Waals surface area contributed by atoms with Crippen molar-refractivity contribution >= 4 is 35.6 Å². The van der Waals surface area contributed by atoms with Crippen molar-refractivity contribution in [3.05, 3.63) is 52.9 Å². The highest BCUT2D eigenvalue weighted by molar-refractivity contribution is 6.14. The van der Waals surface area contributed by atoms with E-state index < -0.39 is 23.6 Å². The summed E-state index contributed by atoms with van der Waals surface area (Å²) in [5, 5.41) is 15.0. The summed E-state index contributed by atoms with van der Waals surface area (Å²) >= 11 is 0. The number of urea groups is 1. The molecule has 3 amide bonds. The van der Waals surface area contributed by atoms with Crippen molar-refractivity contribution in [2.75, 3.05) is 10.6 Å². The summed E-state index contributed by atoms with van der Waals surface area (Å²) in [6.07, 6.45) is 4.95. The van der Waals surface area contributed by atoms with Crippen molar-refractivity contribution in [2.45, 2.75) is 25.4 Å². The van der Waals surface area contributed by atoms with Crippen LogP contribution < -0.4 is 21.3 Å². The molecule has 0 bridgehead atoms. The van der Waals surface area contributed by atoms with Crippen LogP contribution in [-0.4, -0.2) is 37.6 Å². The molecule has 1 aliphatic carbocycles. The molecule has 10 nitrogen and oxygen atoms in total. The molecule has 1 saturated heterocycles. The molecule has 158 valence electrons. The van der Waals surface area contributed by atoms with E-state index in [1.165, 1.54) is 28.9 Å². The predicted octanol–water partition coefficient (Wildman–Crippen LogP) is 1.77. The Bertz CT molecular complexity index is 1250. The molecule has 12 heteroatoms. The second-order valence-corrected chi connectivity index (χ2v) is 7.18. The Hall–Kier alpha value is -4.09. The van der Waals surface area contributed by atoms with E-state index in [0.717, 1.165) is 18.9 Å². The fraction of sp³-hybridized carbons (Fsp3) is 0.211. The number of benzene rings is 1. The van der Waals surface area contributed by atoms with Gasteiger partial charge in [0.25, 0.3) is 5.91 Å². The van der Waals surface area contributed by atoms with Crippen LogP contribution in [0.15, 0.2) is 30.1 Å². The lowest BCUT2D eigenvalue weighted by Gasteiger charge is -2.10. The van der Waals surface area contributed by atoms with E-state index in [4.69, 9.17) is 0 Å². The maximum absolute atomic E-state index is 13.9. The smallest absolute Gasteiger partial charge is 0.326 e. The quantitative estimate of drug-likeness (QED) is 0.350. The lowest BCUT2D eigenvalue weighted by atomic mass is 10.2. The number of amides is 3. The van der Waals surface area contributed by atoms with Crippen molar-refractivity contribution in [2.24, 2.45) is 0 Å². The van der Waals surface area contributed by atoms with Crippen molar-refractivity contribution < 1.29 is 18.4 Å². The monoisotopic (exact) mass is 426 g/mol. The van der Waals surface area contributed by atoms with Gasteiger partial charge in [0.15, 0.2) is 5.65 Å². The summed E-state index contributed by atoms with van der Waals surface area (Å²) in [4.78, 5) is 32.0. The minimum Gasteiger partial charge on any atom is -0.351 e. The summed E-state index contributed by atoms with van der Waals surface area (Å²) in [7, 11) is 0. The molecule has 31 heavy (non-hydrogen) atoms. The third-order valence-corrected chi connectivity index (χ3v) is 4.78. The van der Waals surface area contributed by atoms with Gasteiger partial charge in [-0.2, -0.15) is 19.6 Å². The number of halogens is 2. The summed E-state index contributed by atoms with van der Waals surface area (Å²) in [6.45, 7) is 0.0359. The Kier molecular flexibility index (Phi) is 4.46. The summed E-state index contributed by atoms with van der Waals surface area (Å²) in [6, 6.07) is 2.99. The Morgan fingerprint density at radius 2 is 2.03 bits per heavy atom. The van der Waals surface area contributed by atoms with Crippen LogP contribution in [0.1, 0.15) is 24.0 Å². The van der Waals surface area contributed by atoms with Crippen LogP contribution in [0, 0.1) is 11.6 Å². The SMILES string of the molecule is O=C1NC(=O)/C(=C/c2cnn3c(NC4CC4)nc(NCc4ccc(F)cc4F)nc23)N1. The van der Waals surface area contributed by atoms with Crippen LogP contribution in [0.3, 0.4) is 0 Å². The number of nitrogens with one attached hydrogen (secondary N) is 4. The predicted molar refractivity (Wildman–Crippen MR) is 106 cm³/mol. The first-order valence-electron chi connectivity index (χ1n) is 9.50. The van der Waals surface area contributed by atoms with Crippen LogP contribution >= 0.6 is 0 Å². The van der Waals surface area contributed by atoms with Crippen molar-refractivity contribution in [3.63, 3.8) is 0 Å². The zero-order valence-electron chi connectivity index (χ0n) is 15.9. The first-order chi connectivity index (χ1) is 15.0. The fourth-order valence-electron chi connectivity index (χ4n) is 3.06. The molecule has 0 atom stereocenters. The first kappa shape index (κ1) is 18.9. The average Bonchev–Trinajstić information content (AvgIpc) is 3.36. The average molecular weight is 426 g/mol. The third-order valence-electron chi connectivity index (χ3n) is 4.78. The molecule has 0 unspecified atom stereocenters. The number of rotatable bonds is 6. The van der Waals surface area contributed by atoms with E-state index in [9.17, 15) is 18.4 Å². The molecular formula is C19H16F2N8O2. The minimum absolute atomic E-state index is 0.0359. The second kappa shape index (κ2) is 7.31. The van der Waals surface area contributed by atoms with E-state index in [2.05, 4.69) is 36.3 Å². The van der Waals surface area contributed by atoms with Gasteiger partial charge in [-0.05, 0) is 25.0 Å². The number of hydrogen-bond acceptors (Lipinski definition) is 7. The summed E-state index contributed by atoms with van der Waals surface area (Å²) in [5.74, 6) is -1.27. The highest BCUT2D eigenvalue weighted by atomic mass is 19.1. The van der Waals surface area contributed by atoms with Gasteiger partial charge in [-0.1, -0.05) is 6.07 Å². The molecule has 3 heterocycles. The number of carbonyl (C=O) groups is 2. The molecule has 3 aromatic rings. The van der Waals surface area contributed by atoms with Gasteiger partial charge in [0.1, 0.15) is 17.3 Å². The van der Waals surface area contributed by atoms with Crippen molar-refractivity contribution in [1.82, 2.24) is 30.2 Å². The second-order valence-electron chi connectivity index (χ2n) is 7.18. The fourth-order valence-corrected chi connectivity index (χ4v) is 3.06. The normalized spacial score (nSPS) is 17.2. The van der Waals surface area contributed by atoms with E-state index in [1.807, 2.05) is 0 Å². The first-order valence-corrected chi connectivity index (χ1v) is 9.50. The van der Waals surface area contributed by atoms with E-state index in [0.29, 0.717) is 17.2 Å². The maximum Gasteiger partial charge on any atom is 0.326 e. The number of fused-ring (bicyclic) bond motifs is 1. The lowest BCUT2D eigenvalue weighted by Crippen LogP contribution is -2.22. The highest BCUT2D eigenvalue weighted by Crippen LogP contribution is 2.26. The van der Waals surface area contributed by atoms with Gasteiger partial charge in [0.05, 0.1) is 6.20 Å². The molecule has 5 rings (SSSR count). The molecule has 4 N–H and O–H groups in total. The molecule has 0 spiro atoms.